The number of rotatable bonds is 3. The van der Waals surface area contributed by atoms with Gasteiger partial charge in [0.05, 0.1) is 5.52 Å². The van der Waals surface area contributed by atoms with Crippen LogP contribution in [-0.2, 0) is 0 Å². The Morgan fingerprint density at radius 3 is 2.65 bits per heavy atom. The fourth-order valence-electron chi connectivity index (χ4n) is 1.71. The highest BCUT2D eigenvalue weighted by Gasteiger charge is 2.14. The zero-order valence-electron chi connectivity index (χ0n) is 9.30. The number of hydrogen-bond acceptors (Lipinski definition) is 3. The Balaban J connectivity index is 2.78. The Bertz CT molecular complexity index is 605. The van der Waals surface area contributed by atoms with E-state index >= 15 is 0 Å². The van der Waals surface area contributed by atoms with Crippen molar-refractivity contribution in [2.24, 2.45) is 0 Å². The molecule has 1 aromatic carbocycles. The summed E-state index contributed by atoms with van der Waals surface area (Å²) in [7, 11) is 0. The van der Waals surface area contributed by atoms with Crippen LogP contribution in [0.5, 0.6) is 0 Å². The minimum absolute atomic E-state index is 0.0777. The van der Waals surface area contributed by atoms with Crippen molar-refractivity contribution in [3.05, 3.63) is 41.6 Å². The molecule has 0 aliphatic carbocycles. The van der Waals surface area contributed by atoms with Gasteiger partial charge in [-0.2, -0.15) is 0 Å². The number of aromatic nitrogens is 1. The van der Waals surface area contributed by atoms with Gasteiger partial charge in [0.25, 0.3) is 0 Å². The Kier molecular flexibility index (Phi) is 2.87. The first-order valence-corrected chi connectivity index (χ1v) is 5.29. The van der Waals surface area contributed by atoms with E-state index in [0.717, 1.165) is 0 Å². The number of para-hydroxylation sites is 1. The first kappa shape index (κ1) is 11.3. The average Bonchev–Trinajstić information content (AvgIpc) is 2.36. The molecule has 1 heterocycles. The third-order valence-corrected chi connectivity index (χ3v) is 2.56. The van der Waals surface area contributed by atoms with Gasteiger partial charge in [-0.15, -0.1) is 0 Å². The van der Waals surface area contributed by atoms with Crippen LogP contribution < -0.4 is 0 Å². The van der Waals surface area contributed by atoms with Gasteiger partial charge in [0, 0.05) is 17.4 Å². The smallest absolute Gasteiger partial charge is 0.354 e. The van der Waals surface area contributed by atoms with Gasteiger partial charge in [-0.25, -0.2) is 9.78 Å². The van der Waals surface area contributed by atoms with E-state index in [0.29, 0.717) is 22.9 Å². The molecule has 0 radical (unpaired) electrons. The monoisotopic (exact) mass is 229 g/mol. The highest BCUT2D eigenvalue weighted by atomic mass is 16.4. The number of Topliss-reactive ketones (excluding diaryl/α,β-unsaturated/α-hetero) is 1. The highest BCUT2D eigenvalue weighted by molar-refractivity contribution is 6.08. The summed E-state index contributed by atoms with van der Waals surface area (Å²) in [6.45, 7) is 1.75. The van der Waals surface area contributed by atoms with Crippen molar-refractivity contribution in [2.45, 2.75) is 13.3 Å². The molecule has 2 rings (SSSR count). The van der Waals surface area contributed by atoms with Crippen LogP contribution in [0.1, 0.15) is 34.2 Å². The molecule has 0 saturated carbocycles. The second-order valence-corrected chi connectivity index (χ2v) is 3.65. The molecule has 0 aliphatic heterocycles. The van der Waals surface area contributed by atoms with Gasteiger partial charge in [0.2, 0.25) is 0 Å². The zero-order valence-corrected chi connectivity index (χ0v) is 9.30. The van der Waals surface area contributed by atoms with Crippen molar-refractivity contribution in [2.75, 3.05) is 0 Å². The molecule has 1 N–H and O–H groups in total. The van der Waals surface area contributed by atoms with Gasteiger partial charge in [0.1, 0.15) is 5.69 Å². The van der Waals surface area contributed by atoms with E-state index in [9.17, 15) is 9.59 Å². The maximum Gasteiger partial charge on any atom is 0.354 e. The summed E-state index contributed by atoms with van der Waals surface area (Å²) in [5, 5.41) is 9.65. The second-order valence-electron chi connectivity index (χ2n) is 3.65. The van der Waals surface area contributed by atoms with Crippen molar-refractivity contribution in [1.29, 1.82) is 0 Å². The van der Waals surface area contributed by atoms with Gasteiger partial charge in [-0.1, -0.05) is 25.1 Å². The van der Waals surface area contributed by atoms with E-state index in [1.165, 1.54) is 6.07 Å². The first-order valence-electron chi connectivity index (χ1n) is 5.29. The average molecular weight is 229 g/mol. The fraction of sp³-hybridized carbons (Fsp3) is 0.154. The zero-order chi connectivity index (χ0) is 12.4. The fourth-order valence-corrected chi connectivity index (χ4v) is 1.71. The number of hydrogen-bond donors (Lipinski definition) is 1. The van der Waals surface area contributed by atoms with E-state index in [1.807, 2.05) is 0 Å². The Morgan fingerprint density at radius 2 is 2.00 bits per heavy atom. The van der Waals surface area contributed by atoms with Gasteiger partial charge in [-0.3, -0.25) is 4.79 Å². The van der Waals surface area contributed by atoms with Crippen molar-refractivity contribution < 1.29 is 14.7 Å². The molecule has 0 spiro atoms. The van der Waals surface area contributed by atoms with Crippen molar-refractivity contribution in [3.8, 4) is 0 Å². The standard InChI is InChI=1S/C13H11NO3/c1-2-12(15)9-7-11(13(16)17)14-10-6-4-3-5-8(9)10/h3-7H,2H2,1H3,(H,16,17). The molecule has 0 bridgehead atoms. The van der Waals surface area contributed by atoms with Crippen molar-refractivity contribution in [3.63, 3.8) is 0 Å². The van der Waals surface area contributed by atoms with Crippen LogP contribution in [0.4, 0.5) is 0 Å². The Hall–Kier alpha value is -2.23. The van der Waals surface area contributed by atoms with Crippen LogP contribution in [-0.4, -0.2) is 21.8 Å². The molecule has 0 saturated heterocycles. The third kappa shape index (κ3) is 2.01. The molecular formula is C13H11NO3. The first-order chi connectivity index (χ1) is 8.13. The molecule has 0 atom stereocenters. The normalized spacial score (nSPS) is 10.4. The summed E-state index contributed by atoms with van der Waals surface area (Å²) in [4.78, 5) is 26.7. The lowest BCUT2D eigenvalue weighted by molar-refractivity contribution is 0.0691. The summed E-state index contributed by atoms with van der Waals surface area (Å²) in [6, 6.07) is 8.39. The molecule has 0 fully saturated rings. The van der Waals surface area contributed by atoms with Gasteiger partial charge < -0.3 is 5.11 Å². The van der Waals surface area contributed by atoms with E-state index in [-0.39, 0.29) is 11.5 Å². The lowest BCUT2D eigenvalue weighted by Gasteiger charge is -2.05. The van der Waals surface area contributed by atoms with Crippen molar-refractivity contribution >= 4 is 22.7 Å². The predicted octanol–water partition coefficient (Wildman–Crippen LogP) is 2.53. The van der Waals surface area contributed by atoms with Crippen LogP contribution in [0.3, 0.4) is 0 Å². The minimum atomic E-state index is -1.12. The minimum Gasteiger partial charge on any atom is -0.477 e. The van der Waals surface area contributed by atoms with Crippen molar-refractivity contribution in [1.82, 2.24) is 4.98 Å². The number of carbonyl (C=O) groups is 2. The number of carboxylic acid groups (broad SMARTS) is 1. The third-order valence-electron chi connectivity index (χ3n) is 2.56. The number of carboxylic acids is 1. The van der Waals surface area contributed by atoms with E-state index in [1.54, 1.807) is 31.2 Å². The van der Waals surface area contributed by atoms with E-state index < -0.39 is 5.97 Å². The number of fused-ring (bicyclic) bond motifs is 1. The molecule has 0 amide bonds. The topological polar surface area (TPSA) is 67.3 Å². The lowest BCUT2D eigenvalue weighted by atomic mass is 10.0. The van der Waals surface area contributed by atoms with Crippen LogP contribution >= 0.6 is 0 Å². The number of aromatic carboxylic acids is 1. The summed E-state index contributed by atoms with van der Waals surface area (Å²) < 4.78 is 0. The molecule has 17 heavy (non-hydrogen) atoms. The summed E-state index contributed by atoms with van der Waals surface area (Å²) >= 11 is 0. The molecule has 0 unspecified atom stereocenters. The summed E-state index contributed by atoms with van der Waals surface area (Å²) in [6.07, 6.45) is 0.340. The molecule has 4 nitrogen and oxygen atoms in total. The maximum absolute atomic E-state index is 11.8. The van der Waals surface area contributed by atoms with Gasteiger partial charge in [0.15, 0.2) is 5.78 Å². The predicted molar refractivity (Wildman–Crippen MR) is 63.3 cm³/mol. The molecular weight excluding hydrogens is 218 g/mol. The number of carbonyl (C=O) groups excluding carboxylic acids is 1. The van der Waals surface area contributed by atoms with Crippen LogP contribution in [0.2, 0.25) is 0 Å². The molecule has 86 valence electrons. The number of ketones is 1. The summed E-state index contributed by atoms with van der Waals surface area (Å²) in [5.41, 5.74) is 0.861. The number of benzene rings is 1. The second kappa shape index (κ2) is 4.33. The quantitative estimate of drug-likeness (QED) is 0.821. The Labute approximate surface area is 97.9 Å². The van der Waals surface area contributed by atoms with Gasteiger partial charge >= 0.3 is 5.97 Å². The molecule has 2 aromatic rings. The molecule has 1 aromatic heterocycles. The SMILES string of the molecule is CCC(=O)c1cc(C(=O)O)nc2ccccc12. The maximum atomic E-state index is 11.8. The summed E-state index contributed by atoms with van der Waals surface area (Å²) in [5.74, 6) is -1.20. The van der Waals surface area contributed by atoms with Crippen LogP contribution in [0, 0.1) is 0 Å². The van der Waals surface area contributed by atoms with Gasteiger partial charge in [-0.05, 0) is 12.1 Å². The Morgan fingerprint density at radius 1 is 1.29 bits per heavy atom. The number of nitrogens with zero attached hydrogens (tertiary/aromatic N) is 1. The number of pyridine rings is 1. The molecule has 0 aliphatic rings. The van der Waals surface area contributed by atoms with Crippen LogP contribution in [0.25, 0.3) is 10.9 Å². The van der Waals surface area contributed by atoms with E-state index in [4.69, 9.17) is 5.11 Å². The lowest BCUT2D eigenvalue weighted by Crippen LogP contribution is -2.06. The highest BCUT2D eigenvalue weighted by Crippen LogP contribution is 2.19. The van der Waals surface area contributed by atoms with Crippen LogP contribution in [0.15, 0.2) is 30.3 Å². The van der Waals surface area contributed by atoms with E-state index in [2.05, 4.69) is 4.98 Å². The molecule has 4 heteroatoms. The largest absolute Gasteiger partial charge is 0.477 e.